The Hall–Kier alpha value is -1.36. The topological polar surface area (TPSA) is 50.4 Å². The molecule has 1 rings (SSSR count). The molecular formula is C11H14ClF2N3. The predicted octanol–water partition coefficient (Wildman–Crippen LogP) is 3.00. The molecule has 6 heteroatoms. The predicted molar refractivity (Wildman–Crippen MR) is 66.3 cm³/mol. The number of nitrogens with zero attached hydrogens (tertiary/aromatic N) is 1. The lowest BCUT2D eigenvalue weighted by molar-refractivity contribution is 0.586. The minimum atomic E-state index is -0.808. The molecule has 0 aliphatic rings. The standard InChI is InChI=1S/C11H14ClF2N3/c1-6(2)5-16-11(15)17-10-8(12)3-7(13)4-9(10)14/h3-4,6H,5H2,1-2H3,(H3,15,16,17). The summed E-state index contributed by atoms with van der Waals surface area (Å²) in [6.07, 6.45) is 0. The Morgan fingerprint density at radius 2 is 2.12 bits per heavy atom. The second-order valence-electron chi connectivity index (χ2n) is 3.99. The van der Waals surface area contributed by atoms with E-state index in [1.54, 1.807) is 0 Å². The number of aliphatic imine (C=N–C) groups is 1. The van der Waals surface area contributed by atoms with Crippen molar-refractivity contribution in [3.63, 3.8) is 0 Å². The lowest BCUT2D eigenvalue weighted by atomic mass is 10.2. The summed E-state index contributed by atoms with van der Waals surface area (Å²) in [5.74, 6) is -1.16. The van der Waals surface area contributed by atoms with Crippen molar-refractivity contribution in [2.24, 2.45) is 16.6 Å². The highest BCUT2D eigenvalue weighted by Gasteiger charge is 2.10. The van der Waals surface area contributed by atoms with Gasteiger partial charge in [-0.05, 0) is 12.0 Å². The van der Waals surface area contributed by atoms with E-state index in [2.05, 4.69) is 10.3 Å². The molecule has 94 valence electrons. The summed E-state index contributed by atoms with van der Waals surface area (Å²) in [7, 11) is 0. The van der Waals surface area contributed by atoms with E-state index in [0.717, 1.165) is 12.1 Å². The van der Waals surface area contributed by atoms with Crippen LogP contribution in [0.1, 0.15) is 13.8 Å². The van der Waals surface area contributed by atoms with Crippen molar-refractivity contribution in [3.8, 4) is 0 Å². The molecule has 1 aromatic carbocycles. The van der Waals surface area contributed by atoms with E-state index in [-0.39, 0.29) is 16.7 Å². The third kappa shape index (κ3) is 4.19. The number of guanidine groups is 1. The average molecular weight is 262 g/mol. The Labute approximate surface area is 104 Å². The summed E-state index contributed by atoms with van der Waals surface area (Å²) < 4.78 is 26.2. The smallest absolute Gasteiger partial charge is 0.193 e. The number of anilines is 1. The average Bonchev–Trinajstić information content (AvgIpc) is 2.20. The Balaban J connectivity index is 2.85. The fourth-order valence-corrected chi connectivity index (χ4v) is 1.35. The number of hydrogen-bond donors (Lipinski definition) is 2. The van der Waals surface area contributed by atoms with Crippen LogP contribution < -0.4 is 11.1 Å². The Bertz CT molecular complexity index is 410. The lowest BCUT2D eigenvalue weighted by Gasteiger charge is -2.09. The highest BCUT2D eigenvalue weighted by Crippen LogP contribution is 2.25. The molecule has 0 spiro atoms. The zero-order chi connectivity index (χ0) is 13.0. The first-order valence-electron chi connectivity index (χ1n) is 5.11. The van der Waals surface area contributed by atoms with Gasteiger partial charge in [0, 0.05) is 12.6 Å². The van der Waals surface area contributed by atoms with Crippen LogP contribution in [0.5, 0.6) is 0 Å². The maximum atomic E-state index is 13.4. The number of nitrogens with one attached hydrogen (secondary N) is 1. The maximum Gasteiger partial charge on any atom is 0.193 e. The van der Waals surface area contributed by atoms with Crippen LogP contribution >= 0.6 is 11.6 Å². The Morgan fingerprint density at radius 3 is 2.65 bits per heavy atom. The first-order valence-corrected chi connectivity index (χ1v) is 5.49. The molecule has 0 aliphatic heterocycles. The molecule has 3 N–H and O–H groups in total. The van der Waals surface area contributed by atoms with Gasteiger partial charge in [-0.2, -0.15) is 0 Å². The molecule has 0 radical (unpaired) electrons. The summed E-state index contributed by atoms with van der Waals surface area (Å²) in [5.41, 5.74) is 5.48. The van der Waals surface area contributed by atoms with Crippen molar-refractivity contribution in [2.45, 2.75) is 13.8 Å². The van der Waals surface area contributed by atoms with Crippen LogP contribution in [0.2, 0.25) is 5.02 Å². The zero-order valence-corrected chi connectivity index (χ0v) is 10.4. The van der Waals surface area contributed by atoms with Gasteiger partial charge in [0.2, 0.25) is 0 Å². The van der Waals surface area contributed by atoms with Crippen molar-refractivity contribution < 1.29 is 8.78 Å². The molecular weight excluding hydrogens is 248 g/mol. The van der Waals surface area contributed by atoms with Crippen molar-refractivity contribution in [1.29, 1.82) is 0 Å². The molecule has 3 nitrogen and oxygen atoms in total. The monoisotopic (exact) mass is 261 g/mol. The molecule has 17 heavy (non-hydrogen) atoms. The number of halogens is 3. The molecule has 0 amide bonds. The molecule has 0 saturated carbocycles. The van der Waals surface area contributed by atoms with Gasteiger partial charge in [0.1, 0.15) is 5.82 Å². The second-order valence-corrected chi connectivity index (χ2v) is 4.40. The first kappa shape index (κ1) is 13.7. The largest absolute Gasteiger partial charge is 0.370 e. The van der Waals surface area contributed by atoms with Gasteiger partial charge in [-0.1, -0.05) is 25.4 Å². The molecule has 0 unspecified atom stereocenters. The second kappa shape index (κ2) is 5.82. The van der Waals surface area contributed by atoms with Gasteiger partial charge in [0.15, 0.2) is 11.8 Å². The third-order valence-electron chi connectivity index (χ3n) is 1.89. The van der Waals surface area contributed by atoms with Crippen LogP contribution in [-0.2, 0) is 0 Å². The van der Waals surface area contributed by atoms with Gasteiger partial charge < -0.3 is 11.1 Å². The van der Waals surface area contributed by atoms with Crippen LogP contribution in [0.3, 0.4) is 0 Å². The van der Waals surface area contributed by atoms with E-state index in [4.69, 9.17) is 17.3 Å². The maximum absolute atomic E-state index is 13.4. The third-order valence-corrected chi connectivity index (χ3v) is 2.18. The normalized spacial score (nSPS) is 12.0. The summed E-state index contributed by atoms with van der Waals surface area (Å²) in [4.78, 5) is 3.99. The molecule has 0 aromatic heterocycles. The van der Waals surface area contributed by atoms with Crippen molar-refractivity contribution in [3.05, 3.63) is 28.8 Å². The highest BCUT2D eigenvalue weighted by atomic mass is 35.5. The number of hydrogen-bond acceptors (Lipinski definition) is 1. The lowest BCUT2D eigenvalue weighted by Crippen LogP contribution is -2.24. The van der Waals surface area contributed by atoms with E-state index in [1.807, 2.05) is 13.8 Å². The van der Waals surface area contributed by atoms with Gasteiger partial charge in [-0.15, -0.1) is 0 Å². The van der Waals surface area contributed by atoms with Crippen molar-refractivity contribution in [2.75, 3.05) is 11.9 Å². The first-order chi connectivity index (χ1) is 7.90. The number of rotatable bonds is 3. The Morgan fingerprint density at radius 1 is 1.47 bits per heavy atom. The van der Waals surface area contributed by atoms with Gasteiger partial charge in [0.05, 0.1) is 10.7 Å². The molecule has 0 aliphatic carbocycles. The zero-order valence-electron chi connectivity index (χ0n) is 9.60. The van der Waals surface area contributed by atoms with Crippen LogP contribution in [0.15, 0.2) is 17.1 Å². The fraction of sp³-hybridized carbons (Fsp3) is 0.364. The molecule has 0 fully saturated rings. The van der Waals surface area contributed by atoms with Crippen molar-refractivity contribution in [1.82, 2.24) is 0 Å². The van der Waals surface area contributed by atoms with E-state index in [9.17, 15) is 8.78 Å². The number of nitrogens with two attached hydrogens (primary N) is 1. The minimum Gasteiger partial charge on any atom is -0.370 e. The van der Waals surface area contributed by atoms with Crippen LogP contribution in [0.4, 0.5) is 14.5 Å². The number of benzene rings is 1. The Kier molecular flexibility index (Phi) is 4.69. The summed E-state index contributed by atoms with van der Waals surface area (Å²) in [6, 6.07) is 1.73. The molecule has 1 aromatic rings. The van der Waals surface area contributed by atoms with Crippen LogP contribution in [0.25, 0.3) is 0 Å². The molecule has 0 bridgehead atoms. The van der Waals surface area contributed by atoms with Crippen LogP contribution in [-0.4, -0.2) is 12.5 Å². The summed E-state index contributed by atoms with van der Waals surface area (Å²) >= 11 is 5.69. The molecule has 0 saturated heterocycles. The van der Waals surface area contributed by atoms with E-state index in [0.29, 0.717) is 12.5 Å². The molecule has 0 atom stereocenters. The quantitative estimate of drug-likeness (QED) is 0.649. The van der Waals surface area contributed by atoms with Gasteiger partial charge in [-0.3, -0.25) is 4.99 Å². The van der Waals surface area contributed by atoms with Gasteiger partial charge in [-0.25, -0.2) is 8.78 Å². The highest BCUT2D eigenvalue weighted by molar-refractivity contribution is 6.33. The summed E-state index contributed by atoms with van der Waals surface area (Å²) in [5, 5.41) is 2.44. The molecule has 0 heterocycles. The van der Waals surface area contributed by atoms with Gasteiger partial charge >= 0.3 is 0 Å². The summed E-state index contributed by atoms with van der Waals surface area (Å²) in [6.45, 7) is 4.46. The van der Waals surface area contributed by atoms with E-state index in [1.165, 1.54) is 0 Å². The van der Waals surface area contributed by atoms with Crippen molar-refractivity contribution >= 4 is 23.2 Å². The fourth-order valence-electron chi connectivity index (χ4n) is 1.11. The van der Waals surface area contributed by atoms with E-state index < -0.39 is 11.6 Å². The SMILES string of the molecule is CC(C)CN=C(N)Nc1c(F)cc(F)cc1Cl. The van der Waals surface area contributed by atoms with Gasteiger partial charge in [0.25, 0.3) is 0 Å². The van der Waals surface area contributed by atoms with E-state index >= 15 is 0 Å². The van der Waals surface area contributed by atoms with Crippen LogP contribution in [0, 0.1) is 17.6 Å². The minimum absolute atomic E-state index is 0.0473.